The highest BCUT2D eigenvalue weighted by Gasteiger charge is 2.34. The molecule has 2 rings (SSSR count). The van der Waals surface area contributed by atoms with Crippen LogP contribution in [-0.4, -0.2) is 16.5 Å². The second-order valence-corrected chi connectivity index (χ2v) is 7.10. The molecular formula is C15H24N2S2. The third-order valence-electron chi connectivity index (χ3n) is 3.92. The smallest absolute Gasteiger partial charge is 0.157 e. The molecule has 106 valence electrons. The maximum atomic E-state index is 4.98. The van der Waals surface area contributed by atoms with E-state index in [1.807, 2.05) is 23.1 Å². The van der Waals surface area contributed by atoms with E-state index in [1.54, 1.807) is 0 Å². The number of amidine groups is 1. The fraction of sp³-hybridized carbons (Fsp3) is 0.667. The van der Waals surface area contributed by atoms with Crippen LogP contribution in [0.5, 0.6) is 0 Å². The molecule has 0 amide bonds. The van der Waals surface area contributed by atoms with E-state index in [2.05, 4.69) is 43.6 Å². The van der Waals surface area contributed by atoms with E-state index in [0.29, 0.717) is 6.04 Å². The molecule has 1 saturated heterocycles. The third kappa shape index (κ3) is 3.54. The summed E-state index contributed by atoms with van der Waals surface area (Å²) in [4.78, 5) is 6.37. The molecule has 0 spiro atoms. The summed E-state index contributed by atoms with van der Waals surface area (Å²) in [6.07, 6.45) is 4.66. The van der Waals surface area contributed by atoms with Crippen LogP contribution in [0.15, 0.2) is 22.5 Å². The highest BCUT2D eigenvalue weighted by molar-refractivity contribution is 8.14. The molecule has 1 aliphatic rings. The van der Waals surface area contributed by atoms with Crippen LogP contribution in [0.3, 0.4) is 0 Å². The Bertz CT molecular complexity index is 408. The summed E-state index contributed by atoms with van der Waals surface area (Å²) < 4.78 is 0. The number of aliphatic imine (C=N–C) groups is 1. The zero-order chi connectivity index (χ0) is 13.7. The first-order chi connectivity index (χ1) is 9.23. The first kappa shape index (κ1) is 14.9. The minimum atomic E-state index is 0.274. The lowest BCUT2D eigenvalue weighted by atomic mass is 9.96. The van der Waals surface area contributed by atoms with Crippen LogP contribution in [0.25, 0.3) is 0 Å². The second kappa shape index (κ2) is 6.80. The van der Waals surface area contributed by atoms with Gasteiger partial charge >= 0.3 is 0 Å². The molecule has 1 aromatic heterocycles. The second-order valence-electron chi connectivity index (χ2n) is 5.16. The van der Waals surface area contributed by atoms with E-state index in [1.165, 1.54) is 24.1 Å². The van der Waals surface area contributed by atoms with Crippen molar-refractivity contribution >= 4 is 28.3 Å². The van der Waals surface area contributed by atoms with Crippen molar-refractivity contribution < 1.29 is 0 Å². The SMILES string of the molecule is CCCC(N=C1NC(CC)(CC)CS1)c1cccs1. The molecule has 1 aliphatic heterocycles. The molecule has 1 N–H and O–H groups in total. The van der Waals surface area contributed by atoms with Gasteiger partial charge in [0.1, 0.15) is 0 Å². The largest absolute Gasteiger partial charge is 0.359 e. The van der Waals surface area contributed by atoms with E-state index in [4.69, 9.17) is 4.99 Å². The predicted octanol–water partition coefficient (Wildman–Crippen LogP) is 4.84. The first-order valence-electron chi connectivity index (χ1n) is 7.25. The average molecular weight is 297 g/mol. The Hall–Kier alpha value is -0.480. The van der Waals surface area contributed by atoms with Crippen LogP contribution in [-0.2, 0) is 0 Å². The van der Waals surface area contributed by atoms with Gasteiger partial charge in [0.25, 0.3) is 0 Å². The Morgan fingerprint density at radius 1 is 1.37 bits per heavy atom. The maximum absolute atomic E-state index is 4.98. The summed E-state index contributed by atoms with van der Waals surface area (Å²) in [6.45, 7) is 6.77. The molecule has 1 atom stereocenters. The quantitative estimate of drug-likeness (QED) is 0.812. The van der Waals surface area contributed by atoms with Crippen molar-refractivity contribution in [1.29, 1.82) is 0 Å². The van der Waals surface area contributed by atoms with Crippen LogP contribution in [0, 0.1) is 0 Å². The molecule has 0 saturated carbocycles. The van der Waals surface area contributed by atoms with Crippen molar-refractivity contribution in [3.63, 3.8) is 0 Å². The van der Waals surface area contributed by atoms with Gasteiger partial charge in [0.15, 0.2) is 5.17 Å². The summed E-state index contributed by atoms with van der Waals surface area (Å²) in [7, 11) is 0. The molecule has 0 bridgehead atoms. The van der Waals surface area contributed by atoms with Gasteiger partial charge in [-0.15, -0.1) is 11.3 Å². The van der Waals surface area contributed by atoms with Crippen molar-refractivity contribution in [3.8, 4) is 0 Å². The van der Waals surface area contributed by atoms with Crippen LogP contribution in [0.4, 0.5) is 0 Å². The van der Waals surface area contributed by atoms with Crippen LogP contribution in [0.1, 0.15) is 57.4 Å². The Balaban J connectivity index is 2.11. The standard InChI is InChI=1S/C15H24N2S2/c1-4-8-12(13-9-7-10-18-13)16-14-17-15(5-2,6-3)11-19-14/h7,9-10,12H,4-6,8,11H2,1-3H3,(H,16,17). The van der Waals surface area contributed by atoms with Gasteiger partial charge in [0, 0.05) is 16.2 Å². The Morgan fingerprint density at radius 2 is 2.16 bits per heavy atom. The van der Waals surface area contributed by atoms with E-state index >= 15 is 0 Å². The summed E-state index contributed by atoms with van der Waals surface area (Å²) in [5.41, 5.74) is 0.274. The zero-order valence-corrected chi connectivity index (χ0v) is 13.7. The highest BCUT2D eigenvalue weighted by atomic mass is 32.2. The summed E-state index contributed by atoms with van der Waals surface area (Å²) in [5, 5.41) is 6.97. The lowest BCUT2D eigenvalue weighted by molar-refractivity contribution is 0.407. The number of nitrogens with one attached hydrogen (secondary N) is 1. The van der Waals surface area contributed by atoms with Crippen molar-refractivity contribution in [3.05, 3.63) is 22.4 Å². The topological polar surface area (TPSA) is 24.4 Å². The monoisotopic (exact) mass is 296 g/mol. The molecular weight excluding hydrogens is 272 g/mol. The highest BCUT2D eigenvalue weighted by Crippen LogP contribution is 2.33. The molecule has 2 nitrogen and oxygen atoms in total. The third-order valence-corrected chi connectivity index (χ3v) is 6.07. The van der Waals surface area contributed by atoms with Crippen molar-refractivity contribution in [1.82, 2.24) is 5.32 Å². The van der Waals surface area contributed by atoms with Gasteiger partial charge in [-0.2, -0.15) is 0 Å². The van der Waals surface area contributed by atoms with Gasteiger partial charge < -0.3 is 5.32 Å². The number of rotatable bonds is 6. The number of hydrogen-bond acceptors (Lipinski definition) is 3. The van der Waals surface area contributed by atoms with Gasteiger partial charge in [0.2, 0.25) is 0 Å². The first-order valence-corrected chi connectivity index (χ1v) is 9.11. The van der Waals surface area contributed by atoms with Gasteiger partial charge in [0.05, 0.1) is 6.04 Å². The minimum Gasteiger partial charge on any atom is -0.359 e. The molecule has 19 heavy (non-hydrogen) atoms. The van der Waals surface area contributed by atoms with E-state index in [0.717, 1.165) is 17.3 Å². The van der Waals surface area contributed by atoms with Gasteiger partial charge in [-0.25, -0.2) is 0 Å². The normalized spacial score (nSPS) is 21.5. The lowest BCUT2D eigenvalue weighted by Crippen LogP contribution is -2.42. The molecule has 1 aromatic rings. The van der Waals surface area contributed by atoms with Crippen molar-refractivity contribution in [2.75, 3.05) is 5.75 Å². The molecule has 0 radical (unpaired) electrons. The Morgan fingerprint density at radius 3 is 2.68 bits per heavy atom. The summed E-state index contributed by atoms with van der Waals surface area (Å²) in [5.74, 6) is 1.15. The maximum Gasteiger partial charge on any atom is 0.157 e. The fourth-order valence-electron chi connectivity index (χ4n) is 2.37. The fourth-order valence-corrected chi connectivity index (χ4v) is 4.56. The number of hydrogen-bond donors (Lipinski definition) is 1. The number of thiophene rings is 1. The molecule has 4 heteroatoms. The summed E-state index contributed by atoms with van der Waals surface area (Å²) in [6, 6.07) is 4.67. The minimum absolute atomic E-state index is 0.274. The number of nitrogens with zero attached hydrogens (tertiary/aromatic N) is 1. The van der Waals surface area contributed by atoms with Gasteiger partial charge in [-0.05, 0) is 30.7 Å². The Labute approximate surface area is 125 Å². The van der Waals surface area contributed by atoms with Gasteiger partial charge in [-0.3, -0.25) is 4.99 Å². The van der Waals surface area contributed by atoms with E-state index < -0.39 is 0 Å². The summed E-state index contributed by atoms with van der Waals surface area (Å²) >= 11 is 3.72. The predicted molar refractivity (Wildman–Crippen MR) is 88.3 cm³/mol. The molecule has 1 fully saturated rings. The zero-order valence-electron chi connectivity index (χ0n) is 12.1. The molecule has 0 aliphatic carbocycles. The van der Waals surface area contributed by atoms with E-state index in [-0.39, 0.29) is 5.54 Å². The average Bonchev–Trinajstić information content (AvgIpc) is 3.08. The van der Waals surface area contributed by atoms with Crippen molar-refractivity contribution in [2.24, 2.45) is 4.99 Å². The molecule has 0 aromatic carbocycles. The Kier molecular flexibility index (Phi) is 5.34. The molecule has 2 heterocycles. The van der Waals surface area contributed by atoms with Crippen LogP contribution >= 0.6 is 23.1 Å². The van der Waals surface area contributed by atoms with Crippen molar-refractivity contribution in [2.45, 2.75) is 58.0 Å². The lowest BCUT2D eigenvalue weighted by Gasteiger charge is -2.25. The van der Waals surface area contributed by atoms with Gasteiger partial charge in [-0.1, -0.05) is 45.0 Å². The van der Waals surface area contributed by atoms with E-state index in [9.17, 15) is 0 Å². The number of thioether (sulfide) groups is 1. The van der Waals surface area contributed by atoms with Crippen LogP contribution in [0.2, 0.25) is 0 Å². The van der Waals surface area contributed by atoms with Crippen LogP contribution < -0.4 is 5.32 Å². The molecule has 1 unspecified atom stereocenters.